The Morgan fingerprint density at radius 2 is 1.96 bits per heavy atom. The van der Waals surface area contributed by atoms with Crippen LogP contribution in [-0.4, -0.2) is 23.3 Å². The monoisotopic (exact) mass is 373 g/mol. The maximum absolute atomic E-state index is 11.8. The Balaban J connectivity index is 1.46. The fourth-order valence-corrected chi connectivity index (χ4v) is 3.97. The molecule has 0 saturated carbocycles. The Kier molecular flexibility index (Phi) is 5.76. The number of aromatic nitrogens is 1. The van der Waals surface area contributed by atoms with Crippen molar-refractivity contribution in [2.45, 2.75) is 4.34 Å². The SMILES string of the molecule is O=C(OCC#CCSc1nc2ccccc2s1)c1ccccc1Cl. The standard InChI is InChI=1S/C18H12ClNO2S2/c19-14-8-2-1-7-13(14)17(21)22-11-5-6-12-23-18-20-15-9-3-4-10-16(15)24-18/h1-4,7-10H,11-12H2. The maximum Gasteiger partial charge on any atom is 0.340 e. The van der Waals surface area contributed by atoms with Gasteiger partial charge in [0.25, 0.3) is 0 Å². The van der Waals surface area contributed by atoms with Gasteiger partial charge in [0.05, 0.1) is 26.6 Å². The summed E-state index contributed by atoms with van der Waals surface area (Å²) in [5.74, 6) is 5.94. The molecule has 0 bridgehead atoms. The quantitative estimate of drug-likeness (QED) is 0.370. The molecule has 0 unspecified atom stereocenters. The van der Waals surface area contributed by atoms with E-state index in [0.717, 1.165) is 9.86 Å². The van der Waals surface area contributed by atoms with Gasteiger partial charge < -0.3 is 4.74 Å². The highest BCUT2D eigenvalue weighted by atomic mass is 35.5. The van der Waals surface area contributed by atoms with Gasteiger partial charge in [0, 0.05) is 0 Å². The van der Waals surface area contributed by atoms with Crippen molar-refractivity contribution >= 4 is 50.9 Å². The first kappa shape index (κ1) is 16.8. The summed E-state index contributed by atoms with van der Waals surface area (Å²) in [6.45, 7) is 0.0461. The molecule has 0 aliphatic heterocycles. The smallest absolute Gasteiger partial charge is 0.340 e. The molecule has 2 aromatic carbocycles. The van der Waals surface area contributed by atoms with Crippen LogP contribution in [0.25, 0.3) is 10.2 Å². The van der Waals surface area contributed by atoms with E-state index in [1.165, 1.54) is 4.70 Å². The number of carbonyl (C=O) groups excluding carboxylic acids is 1. The highest BCUT2D eigenvalue weighted by molar-refractivity contribution is 8.01. The fourth-order valence-electron chi connectivity index (χ4n) is 1.92. The summed E-state index contributed by atoms with van der Waals surface area (Å²) in [5, 5.41) is 0.377. The lowest BCUT2D eigenvalue weighted by molar-refractivity contribution is 0.0557. The number of thioether (sulfide) groups is 1. The predicted octanol–water partition coefficient (Wildman–Crippen LogP) is 4.90. The Morgan fingerprint density at radius 3 is 2.79 bits per heavy atom. The Labute approximate surface area is 153 Å². The summed E-state index contributed by atoms with van der Waals surface area (Å²) < 4.78 is 7.24. The molecule has 0 saturated heterocycles. The molecule has 0 atom stereocenters. The predicted molar refractivity (Wildman–Crippen MR) is 99.9 cm³/mol. The van der Waals surface area contributed by atoms with Crippen molar-refractivity contribution in [3.05, 3.63) is 59.1 Å². The van der Waals surface area contributed by atoms with Gasteiger partial charge >= 0.3 is 5.97 Å². The summed E-state index contributed by atoms with van der Waals surface area (Å²) in [5.41, 5.74) is 1.36. The molecule has 0 aliphatic carbocycles. The lowest BCUT2D eigenvalue weighted by atomic mass is 10.2. The van der Waals surface area contributed by atoms with Crippen molar-refractivity contribution < 1.29 is 9.53 Å². The van der Waals surface area contributed by atoms with E-state index in [4.69, 9.17) is 16.3 Å². The van der Waals surface area contributed by atoms with Crippen molar-refractivity contribution in [1.82, 2.24) is 4.98 Å². The van der Waals surface area contributed by atoms with Gasteiger partial charge in [-0.2, -0.15) is 0 Å². The highest BCUT2D eigenvalue weighted by Gasteiger charge is 2.09. The number of nitrogens with zero attached hydrogens (tertiary/aromatic N) is 1. The van der Waals surface area contributed by atoms with Gasteiger partial charge in [-0.1, -0.05) is 59.5 Å². The number of carbonyl (C=O) groups is 1. The third-order valence-electron chi connectivity index (χ3n) is 3.04. The first-order chi connectivity index (χ1) is 11.7. The van der Waals surface area contributed by atoms with E-state index in [0.29, 0.717) is 16.3 Å². The molecule has 1 heterocycles. The van der Waals surface area contributed by atoms with Gasteiger partial charge in [0.15, 0.2) is 10.9 Å². The number of thiazole rings is 1. The summed E-state index contributed by atoms with van der Waals surface area (Å²) in [6, 6.07) is 14.8. The summed E-state index contributed by atoms with van der Waals surface area (Å²) >= 11 is 9.16. The van der Waals surface area contributed by atoms with Crippen LogP contribution in [0.1, 0.15) is 10.4 Å². The molecule has 0 amide bonds. The zero-order valence-corrected chi connectivity index (χ0v) is 14.9. The second-order valence-corrected chi connectivity index (χ2v) is 7.31. The van der Waals surface area contributed by atoms with Crippen LogP contribution in [0.5, 0.6) is 0 Å². The van der Waals surface area contributed by atoms with E-state index >= 15 is 0 Å². The fraction of sp³-hybridized carbons (Fsp3) is 0.111. The largest absolute Gasteiger partial charge is 0.449 e. The van der Waals surface area contributed by atoms with Crippen LogP contribution in [0, 0.1) is 11.8 Å². The van der Waals surface area contributed by atoms with Crippen LogP contribution in [0.3, 0.4) is 0 Å². The molecule has 3 rings (SSSR count). The second-order valence-electron chi connectivity index (χ2n) is 4.65. The average molecular weight is 374 g/mol. The minimum Gasteiger partial charge on any atom is -0.449 e. The molecule has 3 nitrogen and oxygen atoms in total. The number of halogens is 1. The Bertz CT molecular complexity index is 894. The molecular weight excluding hydrogens is 362 g/mol. The number of rotatable bonds is 4. The summed E-state index contributed by atoms with van der Waals surface area (Å²) in [4.78, 5) is 16.4. The summed E-state index contributed by atoms with van der Waals surface area (Å²) in [6.07, 6.45) is 0. The van der Waals surface area contributed by atoms with Crippen molar-refractivity contribution in [3.63, 3.8) is 0 Å². The van der Waals surface area contributed by atoms with Gasteiger partial charge in [0.1, 0.15) is 0 Å². The van der Waals surface area contributed by atoms with Gasteiger partial charge in [-0.3, -0.25) is 0 Å². The molecule has 0 radical (unpaired) electrons. The van der Waals surface area contributed by atoms with E-state index in [2.05, 4.69) is 22.9 Å². The van der Waals surface area contributed by atoms with Crippen molar-refractivity contribution in [2.24, 2.45) is 0 Å². The topological polar surface area (TPSA) is 39.2 Å². The van der Waals surface area contributed by atoms with E-state index < -0.39 is 5.97 Å². The first-order valence-electron chi connectivity index (χ1n) is 7.10. The number of fused-ring (bicyclic) bond motifs is 1. The molecule has 0 spiro atoms. The molecule has 6 heteroatoms. The number of para-hydroxylation sites is 1. The highest BCUT2D eigenvalue weighted by Crippen LogP contribution is 2.28. The van der Waals surface area contributed by atoms with Crippen LogP contribution < -0.4 is 0 Å². The first-order valence-corrected chi connectivity index (χ1v) is 9.28. The average Bonchev–Trinajstić information content (AvgIpc) is 3.01. The molecule has 0 N–H and O–H groups in total. The third kappa shape index (κ3) is 4.30. The molecule has 0 aliphatic rings. The van der Waals surface area contributed by atoms with Crippen LogP contribution >= 0.6 is 34.7 Å². The van der Waals surface area contributed by atoms with Crippen LogP contribution in [0.2, 0.25) is 5.02 Å². The zero-order valence-electron chi connectivity index (χ0n) is 12.5. The van der Waals surface area contributed by atoms with Crippen molar-refractivity contribution in [3.8, 4) is 11.8 Å². The van der Waals surface area contributed by atoms with Crippen LogP contribution in [-0.2, 0) is 4.74 Å². The minimum absolute atomic E-state index is 0.0461. The lowest BCUT2D eigenvalue weighted by Gasteiger charge is -2.02. The van der Waals surface area contributed by atoms with Gasteiger partial charge in [-0.05, 0) is 24.3 Å². The molecule has 120 valence electrons. The Hall–Kier alpha value is -2.00. The van der Waals surface area contributed by atoms with E-state index in [1.54, 1.807) is 47.4 Å². The van der Waals surface area contributed by atoms with E-state index in [9.17, 15) is 4.79 Å². The lowest BCUT2D eigenvalue weighted by Crippen LogP contribution is -2.05. The van der Waals surface area contributed by atoms with Crippen LogP contribution in [0.4, 0.5) is 0 Å². The number of hydrogen-bond acceptors (Lipinski definition) is 5. The summed E-state index contributed by atoms with van der Waals surface area (Å²) in [7, 11) is 0. The van der Waals surface area contributed by atoms with Gasteiger partial charge in [-0.15, -0.1) is 11.3 Å². The van der Waals surface area contributed by atoms with Crippen molar-refractivity contribution in [2.75, 3.05) is 12.4 Å². The Morgan fingerprint density at radius 1 is 1.17 bits per heavy atom. The number of hydrogen-bond donors (Lipinski definition) is 0. The van der Waals surface area contributed by atoms with E-state index in [1.807, 2.05) is 18.2 Å². The number of esters is 1. The minimum atomic E-state index is -0.464. The number of benzene rings is 2. The molecular formula is C18H12ClNO2S2. The second kappa shape index (κ2) is 8.20. The molecule has 1 aromatic heterocycles. The molecule has 3 aromatic rings. The third-order valence-corrected chi connectivity index (χ3v) is 5.43. The van der Waals surface area contributed by atoms with Crippen molar-refractivity contribution in [1.29, 1.82) is 0 Å². The van der Waals surface area contributed by atoms with Gasteiger partial charge in [-0.25, -0.2) is 9.78 Å². The maximum atomic E-state index is 11.8. The van der Waals surface area contributed by atoms with Crippen LogP contribution in [0.15, 0.2) is 52.9 Å². The van der Waals surface area contributed by atoms with Gasteiger partial charge in [0.2, 0.25) is 0 Å². The normalized spacial score (nSPS) is 10.2. The zero-order chi connectivity index (χ0) is 16.8. The van der Waals surface area contributed by atoms with E-state index in [-0.39, 0.29) is 6.61 Å². The molecule has 24 heavy (non-hydrogen) atoms. The number of ether oxygens (including phenoxy) is 1. The molecule has 0 fully saturated rings.